The first-order chi connectivity index (χ1) is 5.70. The molecule has 0 rings (SSSR count). The zero-order valence-electron chi connectivity index (χ0n) is 7.96. The van der Waals surface area contributed by atoms with E-state index < -0.39 is 0 Å². The molecule has 2 atom stereocenters. The lowest BCUT2D eigenvalue weighted by Gasteiger charge is -2.07. The van der Waals surface area contributed by atoms with Crippen molar-refractivity contribution in [3.05, 3.63) is 12.7 Å². The van der Waals surface area contributed by atoms with E-state index in [1.165, 1.54) is 0 Å². The van der Waals surface area contributed by atoms with Gasteiger partial charge in [-0.2, -0.15) is 0 Å². The summed E-state index contributed by atoms with van der Waals surface area (Å²) < 4.78 is 10.1. The van der Waals surface area contributed by atoms with Crippen molar-refractivity contribution >= 4 is 0 Å². The SMILES string of the molecule is C=CC(C)C#COC(C)OCC. The fraction of sp³-hybridized carbons (Fsp3) is 0.600. The van der Waals surface area contributed by atoms with E-state index in [1.54, 1.807) is 6.08 Å². The van der Waals surface area contributed by atoms with Gasteiger partial charge in [0.15, 0.2) is 0 Å². The number of rotatable bonds is 4. The maximum absolute atomic E-state index is 5.11. The van der Waals surface area contributed by atoms with Gasteiger partial charge < -0.3 is 9.47 Å². The molecular weight excluding hydrogens is 152 g/mol. The Morgan fingerprint density at radius 1 is 1.50 bits per heavy atom. The third-order valence-corrected chi connectivity index (χ3v) is 1.27. The number of ether oxygens (including phenoxy) is 2. The summed E-state index contributed by atoms with van der Waals surface area (Å²) in [5.41, 5.74) is 0. The Labute approximate surface area is 74.6 Å². The van der Waals surface area contributed by atoms with Crippen LogP contribution in [0.1, 0.15) is 20.8 Å². The van der Waals surface area contributed by atoms with Gasteiger partial charge in [-0.3, -0.25) is 0 Å². The van der Waals surface area contributed by atoms with Gasteiger partial charge in [-0.05, 0) is 20.8 Å². The van der Waals surface area contributed by atoms with Crippen LogP contribution in [-0.4, -0.2) is 12.9 Å². The fourth-order valence-electron chi connectivity index (χ4n) is 0.538. The van der Waals surface area contributed by atoms with E-state index in [2.05, 4.69) is 18.6 Å². The molecule has 2 unspecified atom stereocenters. The van der Waals surface area contributed by atoms with Gasteiger partial charge in [0, 0.05) is 12.5 Å². The Morgan fingerprint density at radius 3 is 2.67 bits per heavy atom. The minimum absolute atomic E-state index is 0.166. The van der Waals surface area contributed by atoms with E-state index in [0.717, 1.165) is 0 Å². The molecule has 2 heteroatoms. The highest BCUT2D eigenvalue weighted by Gasteiger charge is 1.96. The molecule has 0 aliphatic rings. The average Bonchev–Trinajstić information content (AvgIpc) is 2.04. The minimum Gasteiger partial charge on any atom is -0.415 e. The van der Waals surface area contributed by atoms with Gasteiger partial charge in [0.1, 0.15) is 6.11 Å². The quantitative estimate of drug-likeness (QED) is 0.364. The van der Waals surface area contributed by atoms with Gasteiger partial charge in [-0.25, -0.2) is 0 Å². The van der Waals surface area contributed by atoms with Gasteiger partial charge in [0.05, 0.1) is 0 Å². The largest absolute Gasteiger partial charge is 0.415 e. The zero-order valence-corrected chi connectivity index (χ0v) is 7.96. The van der Waals surface area contributed by atoms with Crippen LogP contribution in [0.15, 0.2) is 12.7 Å². The maximum Gasteiger partial charge on any atom is 0.207 e. The molecule has 68 valence electrons. The molecule has 0 aromatic rings. The summed E-state index contributed by atoms with van der Waals surface area (Å²) in [6.45, 7) is 9.93. The van der Waals surface area contributed by atoms with Crippen molar-refractivity contribution in [2.75, 3.05) is 6.61 Å². The Bertz CT molecular complexity index is 176. The molecular formula is C10H16O2. The van der Waals surface area contributed by atoms with E-state index in [1.807, 2.05) is 20.8 Å². The molecule has 2 nitrogen and oxygen atoms in total. The third kappa shape index (κ3) is 5.82. The molecule has 0 radical (unpaired) electrons. The lowest BCUT2D eigenvalue weighted by atomic mass is 10.2. The highest BCUT2D eigenvalue weighted by molar-refractivity contribution is 5.03. The first-order valence-corrected chi connectivity index (χ1v) is 4.11. The Morgan fingerprint density at radius 2 is 2.17 bits per heavy atom. The molecule has 0 aliphatic carbocycles. The predicted octanol–water partition coefficient (Wildman–Crippen LogP) is 2.17. The van der Waals surface area contributed by atoms with Crippen LogP contribution in [-0.2, 0) is 9.47 Å². The van der Waals surface area contributed by atoms with Gasteiger partial charge in [-0.15, -0.1) is 6.58 Å². The summed E-state index contributed by atoms with van der Waals surface area (Å²) in [5, 5.41) is 0. The fourth-order valence-corrected chi connectivity index (χ4v) is 0.538. The number of allylic oxidation sites excluding steroid dienone is 1. The molecule has 0 heterocycles. The van der Waals surface area contributed by atoms with Crippen LogP contribution in [0.4, 0.5) is 0 Å². The lowest BCUT2D eigenvalue weighted by Crippen LogP contribution is -2.09. The Kier molecular flexibility index (Phi) is 6.22. The molecule has 0 saturated heterocycles. The predicted molar refractivity (Wildman–Crippen MR) is 49.3 cm³/mol. The summed E-state index contributed by atoms with van der Waals surface area (Å²) >= 11 is 0. The molecule has 0 amide bonds. The summed E-state index contributed by atoms with van der Waals surface area (Å²) in [6, 6.07) is 0. The molecule has 0 bridgehead atoms. The van der Waals surface area contributed by atoms with Gasteiger partial charge in [0.25, 0.3) is 0 Å². The lowest BCUT2D eigenvalue weighted by molar-refractivity contribution is -0.0793. The van der Waals surface area contributed by atoms with E-state index in [4.69, 9.17) is 9.47 Å². The highest BCUT2D eigenvalue weighted by Crippen LogP contribution is 1.94. The Hall–Kier alpha value is -0.940. The van der Waals surface area contributed by atoms with Crippen LogP contribution in [0.5, 0.6) is 0 Å². The molecule has 0 aliphatic heterocycles. The topological polar surface area (TPSA) is 18.5 Å². The summed E-state index contributed by atoms with van der Waals surface area (Å²) in [7, 11) is 0. The van der Waals surface area contributed by atoms with Gasteiger partial charge >= 0.3 is 0 Å². The zero-order chi connectivity index (χ0) is 9.40. The van der Waals surface area contributed by atoms with Crippen LogP contribution in [0.25, 0.3) is 0 Å². The Balaban J connectivity index is 3.62. The summed E-state index contributed by atoms with van der Waals surface area (Å²) in [6.07, 6.45) is 4.09. The molecule has 0 aromatic carbocycles. The summed E-state index contributed by atoms with van der Waals surface area (Å²) in [4.78, 5) is 0. The van der Waals surface area contributed by atoms with Gasteiger partial charge in [0.2, 0.25) is 6.29 Å². The van der Waals surface area contributed by atoms with Gasteiger partial charge in [-0.1, -0.05) is 12.0 Å². The smallest absolute Gasteiger partial charge is 0.207 e. The molecule has 0 spiro atoms. The van der Waals surface area contributed by atoms with E-state index in [9.17, 15) is 0 Å². The number of hydrogen-bond acceptors (Lipinski definition) is 2. The second-order valence-electron chi connectivity index (χ2n) is 2.41. The van der Waals surface area contributed by atoms with Crippen LogP contribution < -0.4 is 0 Å². The van der Waals surface area contributed by atoms with Crippen LogP contribution in [0.2, 0.25) is 0 Å². The van der Waals surface area contributed by atoms with Crippen molar-refractivity contribution in [3.63, 3.8) is 0 Å². The highest BCUT2D eigenvalue weighted by atomic mass is 16.7. The monoisotopic (exact) mass is 168 g/mol. The van der Waals surface area contributed by atoms with Crippen LogP contribution in [0, 0.1) is 17.9 Å². The standard InChI is InChI=1S/C10H16O2/c1-5-9(3)7-8-12-10(4)11-6-2/h5,9-10H,1,6H2,2-4H3. The van der Waals surface area contributed by atoms with Crippen LogP contribution >= 0.6 is 0 Å². The molecule has 0 saturated carbocycles. The summed E-state index contributed by atoms with van der Waals surface area (Å²) in [5.74, 6) is 3.02. The van der Waals surface area contributed by atoms with E-state index in [-0.39, 0.29) is 12.2 Å². The number of hydrogen-bond donors (Lipinski definition) is 0. The van der Waals surface area contributed by atoms with E-state index in [0.29, 0.717) is 6.61 Å². The molecule has 0 aromatic heterocycles. The first-order valence-electron chi connectivity index (χ1n) is 4.11. The van der Waals surface area contributed by atoms with Crippen LogP contribution in [0.3, 0.4) is 0 Å². The van der Waals surface area contributed by atoms with Crippen molar-refractivity contribution in [1.29, 1.82) is 0 Å². The normalized spacial score (nSPS) is 13.9. The van der Waals surface area contributed by atoms with Crippen molar-refractivity contribution in [2.24, 2.45) is 5.92 Å². The maximum atomic E-state index is 5.11. The van der Waals surface area contributed by atoms with Crippen molar-refractivity contribution in [1.82, 2.24) is 0 Å². The van der Waals surface area contributed by atoms with Crippen molar-refractivity contribution in [2.45, 2.75) is 27.1 Å². The second kappa shape index (κ2) is 6.75. The molecule has 0 fully saturated rings. The van der Waals surface area contributed by atoms with Crippen molar-refractivity contribution < 1.29 is 9.47 Å². The third-order valence-electron chi connectivity index (χ3n) is 1.27. The van der Waals surface area contributed by atoms with Crippen molar-refractivity contribution in [3.8, 4) is 12.0 Å². The van der Waals surface area contributed by atoms with E-state index >= 15 is 0 Å². The molecule has 12 heavy (non-hydrogen) atoms. The minimum atomic E-state index is -0.250. The average molecular weight is 168 g/mol. The first kappa shape index (κ1) is 11.1. The second-order valence-corrected chi connectivity index (χ2v) is 2.41. The molecule has 0 N–H and O–H groups in total.